The molecule has 30 heavy (non-hydrogen) atoms. The second-order valence-corrected chi connectivity index (χ2v) is 6.60. The SMILES string of the molecule is O=C(Nc1ccccc1C(=O)NCc1ccccc1F)c1ccc([N+](=O)[O-])cc1Cl. The van der Waals surface area contributed by atoms with Gasteiger partial charge in [0.15, 0.2) is 0 Å². The highest BCUT2D eigenvalue weighted by atomic mass is 35.5. The summed E-state index contributed by atoms with van der Waals surface area (Å²) in [5.74, 6) is -1.58. The molecule has 0 atom stereocenters. The number of hydrogen-bond acceptors (Lipinski definition) is 4. The number of para-hydroxylation sites is 1. The molecule has 0 saturated heterocycles. The van der Waals surface area contributed by atoms with Crippen LogP contribution in [-0.2, 0) is 6.54 Å². The highest BCUT2D eigenvalue weighted by Gasteiger charge is 2.18. The molecule has 152 valence electrons. The van der Waals surface area contributed by atoms with E-state index in [0.717, 1.165) is 12.1 Å². The Morgan fingerprint density at radius 2 is 1.67 bits per heavy atom. The van der Waals surface area contributed by atoms with Crippen molar-refractivity contribution in [3.63, 3.8) is 0 Å². The number of halogens is 2. The number of nitro benzene ring substituents is 1. The standard InChI is InChI=1S/C21H15ClFN3O4/c22-17-11-14(26(29)30)9-10-15(17)21(28)25-19-8-4-2-6-16(19)20(27)24-12-13-5-1-3-7-18(13)23/h1-11H,12H2,(H,24,27)(H,25,28). The Bertz CT molecular complexity index is 1140. The number of hydrogen-bond donors (Lipinski definition) is 2. The molecule has 0 aliphatic carbocycles. The molecule has 0 bridgehead atoms. The Labute approximate surface area is 175 Å². The highest BCUT2D eigenvalue weighted by Crippen LogP contribution is 2.24. The average molecular weight is 428 g/mol. The van der Waals surface area contributed by atoms with Crippen LogP contribution < -0.4 is 10.6 Å². The van der Waals surface area contributed by atoms with Crippen LogP contribution in [0.15, 0.2) is 66.7 Å². The van der Waals surface area contributed by atoms with E-state index in [0.29, 0.717) is 5.56 Å². The lowest BCUT2D eigenvalue weighted by Crippen LogP contribution is -2.25. The Hall–Kier alpha value is -3.78. The lowest BCUT2D eigenvalue weighted by molar-refractivity contribution is -0.384. The molecule has 0 spiro atoms. The molecule has 0 saturated carbocycles. The van der Waals surface area contributed by atoms with Gasteiger partial charge in [0.2, 0.25) is 0 Å². The normalized spacial score (nSPS) is 10.3. The topological polar surface area (TPSA) is 101 Å². The smallest absolute Gasteiger partial charge is 0.270 e. The van der Waals surface area contributed by atoms with Gasteiger partial charge in [0.25, 0.3) is 17.5 Å². The van der Waals surface area contributed by atoms with Gasteiger partial charge in [0.05, 0.1) is 26.8 Å². The minimum absolute atomic E-state index is 0.0174. The zero-order valence-electron chi connectivity index (χ0n) is 15.4. The van der Waals surface area contributed by atoms with E-state index in [2.05, 4.69) is 10.6 Å². The lowest BCUT2D eigenvalue weighted by atomic mass is 10.1. The van der Waals surface area contributed by atoms with E-state index in [1.807, 2.05) is 0 Å². The summed E-state index contributed by atoms with van der Waals surface area (Å²) in [4.78, 5) is 35.3. The van der Waals surface area contributed by atoms with Gasteiger partial charge in [-0.05, 0) is 24.3 Å². The summed E-state index contributed by atoms with van der Waals surface area (Å²) in [5.41, 5.74) is 0.474. The number of nitrogens with one attached hydrogen (secondary N) is 2. The molecule has 0 radical (unpaired) electrons. The van der Waals surface area contributed by atoms with Gasteiger partial charge < -0.3 is 10.6 Å². The molecule has 0 aromatic heterocycles. The fraction of sp³-hybridized carbons (Fsp3) is 0.0476. The number of rotatable bonds is 6. The first-order valence-electron chi connectivity index (χ1n) is 8.72. The zero-order valence-corrected chi connectivity index (χ0v) is 16.2. The summed E-state index contributed by atoms with van der Waals surface area (Å²) in [7, 11) is 0. The molecule has 7 nitrogen and oxygen atoms in total. The van der Waals surface area contributed by atoms with E-state index in [1.54, 1.807) is 30.3 Å². The van der Waals surface area contributed by atoms with E-state index in [-0.39, 0.29) is 34.1 Å². The van der Waals surface area contributed by atoms with Gasteiger partial charge in [-0.3, -0.25) is 19.7 Å². The minimum Gasteiger partial charge on any atom is -0.348 e. The van der Waals surface area contributed by atoms with Crippen molar-refractivity contribution in [1.29, 1.82) is 0 Å². The van der Waals surface area contributed by atoms with Gasteiger partial charge in [-0.1, -0.05) is 41.9 Å². The fourth-order valence-electron chi connectivity index (χ4n) is 2.69. The van der Waals surface area contributed by atoms with Crippen LogP contribution in [0.1, 0.15) is 26.3 Å². The molecule has 0 aliphatic rings. The van der Waals surface area contributed by atoms with Crippen molar-refractivity contribution >= 4 is 34.8 Å². The summed E-state index contributed by atoms with van der Waals surface area (Å²) in [6.07, 6.45) is 0. The number of carbonyl (C=O) groups is 2. The van der Waals surface area contributed by atoms with Gasteiger partial charge in [-0.2, -0.15) is 0 Å². The van der Waals surface area contributed by atoms with E-state index in [1.165, 1.54) is 24.3 Å². The van der Waals surface area contributed by atoms with Crippen LogP contribution >= 0.6 is 11.6 Å². The first-order chi connectivity index (χ1) is 14.4. The van der Waals surface area contributed by atoms with E-state index in [4.69, 9.17) is 11.6 Å². The first kappa shape index (κ1) is 20.9. The lowest BCUT2D eigenvalue weighted by Gasteiger charge is -2.12. The summed E-state index contributed by atoms with van der Waals surface area (Å²) < 4.78 is 13.7. The van der Waals surface area contributed by atoms with Crippen molar-refractivity contribution in [1.82, 2.24) is 5.32 Å². The number of amides is 2. The second kappa shape index (κ2) is 9.15. The number of anilines is 1. The Kier molecular flexibility index (Phi) is 6.38. The molecule has 9 heteroatoms. The third-order valence-electron chi connectivity index (χ3n) is 4.23. The van der Waals surface area contributed by atoms with Gasteiger partial charge in [0.1, 0.15) is 5.82 Å². The summed E-state index contributed by atoms with van der Waals surface area (Å²) in [5, 5.41) is 15.9. The number of nitro groups is 1. The summed E-state index contributed by atoms with van der Waals surface area (Å²) >= 11 is 5.99. The molecule has 0 fully saturated rings. The maximum Gasteiger partial charge on any atom is 0.270 e. The minimum atomic E-state index is -0.635. The molecule has 3 aromatic carbocycles. The third kappa shape index (κ3) is 4.79. The van der Waals surface area contributed by atoms with Crippen LogP contribution in [0.3, 0.4) is 0 Å². The fourth-order valence-corrected chi connectivity index (χ4v) is 2.95. The monoisotopic (exact) mass is 427 g/mol. The third-order valence-corrected chi connectivity index (χ3v) is 4.54. The van der Waals surface area contributed by atoms with Crippen LogP contribution in [0.4, 0.5) is 15.8 Å². The first-order valence-corrected chi connectivity index (χ1v) is 9.10. The van der Waals surface area contributed by atoms with Crippen molar-refractivity contribution < 1.29 is 18.9 Å². The molecule has 3 rings (SSSR count). The summed E-state index contributed by atoms with van der Waals surface area (Å²) in [6.45, 7) is -0.0258. The van der Waals surface area contributed by atoms with Crippen molar-refractivity contribution in [2.75, 3.05) is 5.32 Å². The average Bonchev–Trinajstić information content (AvgIpc) is 2.73. The van der Waals surface area contributed by atoms with Crippen LogP contribution in [0.25, 0.3) is 0 Å². The molecule has 3 aromatic rings. The van der Waals surface area contributed by atoms with Gasteiger partial charge in [-0.15, -0.1) is 0 Å². The second-order valence-electron chi connectivity index (χ2n) is 6.20. The molecular formula is C21H15ClFN3O4. The van der Waals surface area contributed by atoms with Crippen LogP contribution in [-0.4, -0.2) is 16.7 Å². The Morgan fingerprint density at radius 1 is 0.967 bits per heavy atom. The van der Waals surface area contributed by atoms with Crippen LogP contribution in [0.2, 0.25) is 5.02 Å². The predicted molar refractivity (Wildman–Crippen MR) is 110 cm³/mol. The molecule has 2 amide bonds. The number of non-ortho nitro benzene ring substituents is 1. The van der Waals surface area contributed by atoms with Crippen molar-refractivity contribution in [3.05, 3.63) is 104 Å². The predicted octanol–water partition coefficient (Wildman–Crippen LogP) is 4.57. The Balaban J connectivity index is 1.76. The van der Waals surface area contributed by atoms with E-state index in [9.17, 15) is 24.1 Å². The molecule has 2 N–H and O–H groups in total. The number of carbonyl (C=O) groups excluding carboxylic acids is 2. The van der Waals surface area contributed by atoms with Crippen molar-refractivity contribution in [2.45, 2.75) is 6.54 Å². The molecule has 0 heterocycles. The molecule has 0 aliphatic heterocycles. The quantitative estimate of drug-likeness (QED) is 0.444. The number of benzene rings is 3. The summed E-state index contributed by atoms with van der Waals surface area (Å²) in [6, 6.07) is 15.8. The van der Waals surface area contributed by atoms with Crippen LogP contribution in [0.5, 0.6) is 0 Å². The van der Waals surface area contributed by atoms with Crippen molar-refractivity contribution in [2.24, 2.45) is 0 Å². The van der Waals surface area contributed by atoms with Gasteiger partial charge in [0, 0.05) is 24.2 Å². The zero-order chi connectivity index (χ0) is 21.7. The number of nitrogens with zero attached hydrogens (tertiary/aromatic N) is 1. The maximum atomic E-state index is 13.7. The van der Waals surface area contributed by atoms with E-state index >= 15 is 0 Å². The Morgan fingerprint density at radius 3 is 2.37 bits per heavy atom. The van der Waals surface area contributed by atoms with Gasteiger partial charge in [-0.25, -0.2) is 4.39 Å². The van der Waals surface area contributed by atoms with Crippen molar-refractivity contribution in [3.8, 4) is 0 Å². The van der Waals surface area contributed by atoms with Gasteiger partial charge >= 0.3 is 0 Å². The molecule has 0 unspecified atom stereocenters. The van der Waals surface area contributed by atoms with E-state index < -0.39 is 22.6 Å². The highest BCUT2D eigenvalue weighted by molar-refractivity contribution is 6.34. The maximum absolute atomic E-state index is 13.7. The van der Waals surface area contributed by atoms with Crippen LogP contribution in [0, 0.1) is 15.9 Å². The largest absolute Gasteiger partial charge is 0.348 e. The molecular weight excluding hydrogens is 413 g/mol.